The molecular weight excluding hydrogens is 200 g/mol. The van der Waals surface area contributed by atoms with E-state index in [1.54, 1.807) is 0 Å². The van der Waals surface area contributed by atoms with Crippen LogP contribution < -0.4 is 0 Å². The predicted molar refractivity (Wildman–Crippen MR) is 68.3 cm³/mol. The van der Waals surface area contributed by atoms with E-state index in [2.05, 4.69) is 19.1 Å². The van der Waals surface area contributed by atoms with Crippen LogP contribution in [-0.2, 0) is 9.53 Å². The Bertz CT molecular complexity index is 195. The van der Waals surface area contributed by atoms with Crippen LogP contribution in [0, 0.1) is 5.92 Å². The first-order valence-electron chi connectivity index (χ1n) is 6.47. The first kappa shape index (κ1) is 15.2. The van der Waals surface area contributed by atoms with Gasteiger partial charge in [0.15, 0.2) is 0 Å². The highest BCUT2D eigenvalue weighted by Gasteiger charge is 2.03. The van der Waals surface area contributed by atoms with Gasteiger partial charge in [-0.2, -0.15) is 0 Å². The number of ether oxygens (including phenoxy) is 1. The van der Waals surface area contributed by atoms with Crippen LogP contribution in [0.3, 0.4) is 0 Å². The lowest BCUT2D eigenvalue weighted by Gasteiger charge is -2.06. The number of carbonyl (C=O) groups is 1. The van der Waals surface area contributed by atoms with Gasteiger partial charge >= 0.3 is 5.97 Å². The lowest BCUT2D eigenvalue weighted by Crippen LogP contribution is -2.09. The maximum atomic E-state index is 11.2. The zero-order chi connectivity index (χ0) is 12.2. The molecule has 0 fully saturated rings. The van der Waals surface area contributed by atoms with E-state index in [1.165, 1.54) is 6.42 Å². The van der Waals surface area contributed by atoms with Crippen molar-refractivity contribution in [3.05, 3.63) is 12.2 Å². The van der Waals surface area contributed by atoms with Crippen molar-refractivity contribution in [2.75, 3.05) is 6.61 Å². The molecule has 0 rings (SSSR count). The normalized spacial score (nSPS) is 11.2. The van der Waals surface area contributed by atoms with Gasteiger partial charge in [-0.25, -0.2) is 0 Å². The molecule has 0 aromatic heterocycles. The molecule has 94 valence electrons. The summed E-state index contributed by atoms with van der Waals surface area (Å²) in [4.78, 5) is 11.2. The number of allylic oxidation sites excluding steroid dienone is 2. The van der Waals surface area contributed by atoms with E-state index >= 15 is 0 Å². The molecule has 0 saturated heterocycles. The second-order valence-corrected chi connectivity index (χ2v) is 4.56. The lowest BCUT2D eigenvalue weighted by molar-refractivity contribution is -0.144. The van der Waals surface area contributed by atoms with Crippen molar-refractivity contribution < 1.29 is 9.53 Å². The zero-order valence-corrected chi connectivity index (χ0v) is 11.0. The van der Waals surface area contributed by atoms with Gasteiger partial charge in [0.25, 0.3) is 0 Å². The topological polar surface area (TPSA) is 26.3 Å². The fourth-order valence-electron chi connectivity index (χ4n) is 1.32. The second kappa shape index (κ2) is 10.7. The number of carbonyl (C=O) groups excluding carboxylic acids is 1. The third kappa shape index (κ3) is 11.3. The van der Waals surface area contributed by atoms with Crippen LogP contribution in [-0.4, -0.2) is 12.6 Å². The summed E-state index contributed by atoms with van der Waals surface area (Å²) < 4.78 is 5.10. The van der Waals surface area contributed by atoms with E-state index in [0.717, 1.165) is 25.7 Å². The van der Waals surface area contributed by atoms with Gasteiger partial charge in [-0.15, -0.1) is 0 Å². The summed E-state index contributed by atoms with van der Waals surface area (Å²) in [6.45, 7) is 6.79. The van der Waals surface area contributed by atoms with E-state index in [4.69, 9.17) is 4.74 Å². The molecule has 2 nitrogen and oxygen atoms in total. The Kier molecular flexibility index (Phi) is 10.2. The van der Waals surface area contributed by atoms with Gasteiger partial charge in [0.1, 0.15) is 0 Å². The summed E-state index contributed by atoms with van der Waals surface area (Å²) in [6.07, 6.45) is 10.5. The summed E-state index contributed by atoms with van der Waals surface area (Å²) >= 11 is 0. The highest BCUT2D eigenvalue weighted by Crippen LogP contribution is 2.05. The van der Waals surface area contributed by atoms with Gasteiger partial charge < -0.3 is 4.74 Å². The Morgan fingerprint density at radius 3 is 2.56 bits per heavy atom. The molecule has 0 spiro atoms. The molecule has 0 heterocycles. The minimum absolute atomic E-state index is 0.0437. The SMILES string of the molecule is CC/C=C\CCCCCC(=O)OCC(C)C. The van der Waals surface area contributed by atoms with Crippen molar-refractivity contribution in [3.8, 4) is 0 Å². The van der Waals surface area contributed by atoms with E-state index in [9.17, 15) is 4.79 Å². The van der Waals surface area contributed by atoms with Crippen molar-refractivity contribution in [1.29, 1.82) is 0 Å². The van der Waals surface area contributed by atoms with Crippen molar-refractivity contribution in [2.45, 2.75) is 59.3 Å². The molecule has 16 heavy (non-hydrogen) atoms. The summed E-state index contributed by atoms with van der Waals surface area (Å²) in [5, 5.41) is 0. The van der Waals surface area contributed by atoms with Gasteiger partial charge in [-0.05, 0) is 31.6 Å². The standard InChI is InChI=1S/C14H26O2/c1-4-5-6-7-8-9-10-11-14(15)16-12-13(2)3/h5-6,13H,4,7-12H2,1-3H3/b6-5-. The number of hydrogen-bond acceptors (Lipinski definition) is 2. The van der Waals surface area contributed by atoms with Crippen LogP contribution in [0.25, 0.3) is 0 Å². The van der Waals surface area contributed by atoms with Gasteiger partial charge in [0.05, 0.1) is 6.61 Å². The second-order valence-electron chi connectivity index (χ2n) is 4.56. The Labute approximate surface area is 100 Å². The van der Waals surface area contributed by atoms with E-state index in [-0.39, 0.29) is 5.97 Å². The van der Waals surface area contributed by atoms with Crippen molar-refractivity contribution in [1.82, 2.24) is 0 Å². The van der Waals surface area contributed by atoms with Gasteiger partial charge in [-0.1, -0.05) is 39.3 Å². The average Bonchev–Trinajstić information content (AvgIpc) is 2.25. The lowest BCUT2D eigenvalue weighted by atomic mass is 10.1. The summed E-state index contributed by atoms with van der Waals surface area (Å²) in [5.41, 5.74) is 0. The maximum absolute atomic E-state index is 11.2. The van der Waals surface area contributed by atoms with Gasteiger partial charge in [0.2, 0.25) is 0 Å². The summed E-state index contributed by atoms with van der Waals surface area (Å²) in [5.74, 6) is 0.390. The largest absolute Gasteiger partial charge is 0.465 e. The monoisotopic (exact) mass is 226 g/mol. The molecule has 0 aromatic carbocycles. The molecule has 0 aliphatic heterocycles. The van der Waals surface area contributed by atoms with Crippen LogP contribution >= 0.6 is 0 Å². The van der Waals surface area contributed by atoms with E-state index < -0.39 is 0 Å². The maximum Gasteiger partial charge on any atom is 0.305 e. The molecule has 0 aliphatic rings. The highest BCUT2D eigenvalue weighted by molar-refractivity contribution is 5.69. The molecule has 0 bridgehead atoms. The third-order valence-corrected chi connectivity index (χ3v) is 2.23. The van der Waals surface area contributed by atoms with Crippen molar-refractivity contribution in [3.63, 3.8) is 0 Å². The van der Waals surface area contributed by atoms with Crippen LogP contribution in [0.5, 0.6) is 0 Å². The first-order chi connectivity index (χ1) is 7.66. The molecule has 0 atom stereocenters. The minimum Gasteiger partial charge on any atom is -0.465 e. The fraction of sp³-hybridized carbons (Fsp3) is 0.786. The van der Waals surface area contributed by atoms with Gasteiger partial charge in [0, 0.05) is 6.42 Å². The Morgan fingerprint density at radius 2 is 1.94 bits per heavy atom. The Balaban J connectivity index is 3.24. The van der Waals surface area contributed by atoms with Crippen LogP contribution in [0.2, 0.25) is 0 Å². The smallest absolute Gasteiger partial charge is 0.305 e. The first-order valence-corrected chi connectivity index (χ1v) is 6.47. The number of rotatable bonds is 9. The highest BCUT2D eigenvalue weighted by atomic mass is 16.5. The third-order valence-electron chi connectivity index (χ3n) is 2.23. The van der Waals surface area contributed by atoms with E-state index in [1.807, 2.05) is 13.8 Å². The van der Waals surface area contributed by atoms with Gasteiger partial charge in [-0.3, -0.25) is 4.79 Å². The quantitative estimate of drug-likeness (QED) is 0.336. The molecule has 0 unspecified atom stereocenters. The zero-order valence-electron chi connectivity index (χ0n) is 11.0. The molecule has 0 radical (unpaired) electrons. The van der Waals surface area contributed by atoms with Crippen LogP contribution in [0.15, 0.2) is 12.2 Å². The Hall–Kier alpha value is -0.790. The number of esters is 1. The Morgan fingerprint density at radius 1 is 1.19 bits per heavy atom. The summed E-state index contributed by atoms with van der Waals surface area (Å²) in [6, 6.07) is 0. The fourth-order valence-corrected chi connectivity index (χ4v) is 1.32. The number of hydrogen-bond donors (Lipinski definition) is 0. The van der Waals surface area contributed by atoms with Crippen molar-refractivity contribution >= 4 is 5.97 Å². The predicted octanol–water partition coefficient (Wildman–Crippen LogP) is 4.10. The average molecular weight is 226 g/mol. The molecule has 0 amide bonds. The van der Waals surface area contributed by atoms with Crippen LogP contribution in [0.1, 0.15) is 59.3 Å². The molecule has 0 saturated carbocycles. The molecule has 2 heteroatoms. The molecule has 0 aromatic rings. The molecular formula is C14H26O2. The molecule has 0 N–H and O–H groups in total. The summed E-state index contributed by atoms with van der Waals surface area (Å²) in [7, 11) is 0. The van der Waals surface area contributed by atoms with Crippen molar-refractivity contribution in [2.24, 2.45) is 5.92 Å². The minimum atomic E-state index is -0.0437. The van der Waals surface area contributed by atoms with Crippen LogP contribution in [0.4, 0.5) is 0 Å². The van der Waals surface area contributed by atoms with E-state index in [0.29, 0.717) is 18.9 Å². The molecule has 0 aliphatic carbocycles. The number of unbranched alkanes of at least 4 members (excludes halogenated alkanes) is 3.